The normalized spacial score (nSPS) is 19.5. The minimum atomic E-state index is -0.809. The van der Waals surface area contributed by atoms with Crippen LogP contribution in [-0.4, -0.2) is 65.1 Å². The highest BCUT2D eigenvalue weighted by Crippen LogP contribution is 2.30. The molecule has 216 valence electrons. The van der Waals surface area contributed by atoms with Crippen LogP contribution in [0.3, 0.4) is 0 Å². The number of likely N-dealkylation sites (tertiary alicyclic amines) is 1. The highest BCUT2D eigenvalue weighted by atomic mass is 35.5. The number of esters is 1. The lowest BCUT2D eigenvalue weighted by atomic mass is 9.99. The summed E-state index contributed by atoms with van der Waals surface area (Å²) in [6, 6.07) is 10.3. The molecule has 1 unspecified atom stereocenters. The number of imide groups is 1. The third kappa shape index (κ3) is 6.52. The lowest BCUT2D eigenvalue weighted by Crippen LogP contribution is -2.55. The largest absolute Gasteiger partial charge is 0.443 e. The SMILES string of the molecule is Cc1ccc(CC(=O)CCc2ccc3c(c2)CN(C2CCC(=O)N(COC(=O)C4CCNCC4)C2=O)C3=O)cc1Cl. The van der Waals surface area contributed by atoms with Crippen molar-refractivity contribution in [1.29, 1.82) is 0 Å². The van der Waals surface area contributed by atoms with Gasteiger partial charge >= 0.3 is 5.97 Å². The fourth-order valence-corrected chi connectivity index (χ4v) is 5.90. The minimum absolute atomic E-state index is 0.0843. The molecule has 3 heterocycles. The van der Waals surface area contributed by atoms with Crippen LogP contribution in [0.1, 0.15) is 64.7 Å². The molecule has 5 rings (SSSR count). The molecule has 1 atom stereocenters. The van der Waals surface area contributed by atoms with Gasteiger partial charge in [0.15, 0.2) is 6.73 Å². The van der Waals surface area contributed by atoms with Gasteiger partial charge in [0.05, 0.1) is 5.92 Å². The van der Waals surface area contributed by atoms with Gasteiger partial charge in [0.2, 0.25) is 5.91 Å². The monoisotopic (exact) mass is 579 g/mol. The number of amides is 3. The molecule has 2 aromatic rings. The van der Waals surface area contributed by atoms with E-state index in [0.29, 0.717) is 42.7 Å². The number of nitrogens with zero attached hydrogens (tertiary/aromatic N) is 2. The average molecular weight is 580 g/mol. The van der Waals surface area contributed by atoms with E-state index in [1.807, 2.05) is 37.3 Å². The first kappa shape index (κ1) is 29.0. The lowest BCUT2D eigenvalue weighted by molar-refractivity contribution is -0.166. The van der Waals surface area contributed by atoms with Crippen LogP contribution in [-0.2, 0) is 43.3 Å². The Balaban J connectivity index is 1.18. The maximum absolute atomic E-state index is 13.3. The first-order valence-corrected chi connectivity index (χ1v) is 14.5. The van der Waals surface area contributed by atoms with E-state index in [1.54, 1.807) is 6.07 Å². The number of Topliss-reactive ketones (excluding diaryl/α,β-unsaturated/α-hetero) is 1. The van der Waals surface area contributed by atoms with Gasteiger partial charge in [-0.1, -0.05) is 35.9 Å². The zero-order valence-corrected chi connectivity index (χ0v) is 23.9. The molecule has 3 amide bonds. The van der Waals surface area contributed by atoms with Crippen molar-refractivity contribution in [2.45, 2.75) is 64.5 Å². The zero-order chi connectivity index (χ0) is 29.1. The molecular formula is C31H34ClN3O6. The Morgan fingerprint density at radius 2 is 1.78 bits per heavy atom. The highest BCUT2D eigenvalue weighted by Gasteiger charge is 2.43. The summed E-state index contributed by atoms with van der Waals surface area (Å²) in [5, 5.41) is 3.83. The molecular weight excluding hydrogens is 546 g/mol. The molecule has 1 N–H and O–H groups in total. The standard InChI is InChI=1S/C31H34ClN3O6/c1-19-2-3-21(16-26(19)32)15-24(36)6-4-20-5-7-25-23(14-20)17-34(29(25)38)27-8-9-28(37)35(30(27)39)18-41-31(40)22-10-12-33-13-11-22/h2-3,5,7,14,16,22,27,33H,4,6,8-13,15,17-18H2,1H3. The number of ketones is 1. The maximum Gasteiger partial charge on any atom is 0.310 e. The van der Waals surface area contributed by atoms with Crippen molar-refractivity contribution in [3.63, 3.8) is 0 Å². The molecule has 0 saturated carbocycles. The van der Waals surface area contributed by atoms with Crippen LogP contribution < -0.4 is 5.32 Å². The van der Waals surface area contributed by atoms with Crippen LogP contribution in [0.25, 0.3) is 0 Å². The van der Waals surface area contributed by atoms with E-state index >= 15 is 0 Å². The molecule has 0 bridgehead atoms. The number of hydrogen-bond donors (Lipinski definition) is 1. The number of halogens is 1. The van der Waals surface area contributed by atoms with Crippen molar-refractivity contribution >= 4 is 41.1 Å². The van der Waals surface area contributed by atoms with E-state index in [2.05, 4.69) is 5.32 Å². The molecule has 9 nitrogen and oxygen atoms in total. The van der Waals surface area contributed by atoms with Gasteiger partial charge in [-0.25, -0.2) is 4.90 Å². The molecule has 2 aromatic carbocycles. The van der Waals surface area contributed by atoms with Crippen molar-refractivity contribution in [2.75, 3.05) is 19.8 Å². The maximum atomic E-state index is 13.3. The molecule has 0 aliphatic carbocycles. The third-order valence-electron chi connectivity index (χ3n) is 8.20. The Labute approximate surface area is 244 Å². The Morgan fingerprint density at radius 3 is 2.54 bits per heavy atom. The molecule has 0 spiro atoms. The molecule has 0 radical (unpaired) electrons. The summed E-state index contributed by atoms with van der Waals surface area (Å²) < 4.78 is 5.35. The predicted octanol–water partition coefficient (Wildman–Crippen LogP) is 3.37. The second-order valence-corrected chi connectivity index (χ2v) is 11.5. The first-order chi connectivity index (χ1) is 19.7. The second kappa shape index (κ2) is 12.5. The van der Waals surface area contributed by atoms with Gasteiger partial charge in [-0.2, -0.15) is 0 Å². The van der Waals surface area contributed by atoms with Crippen LogP contribution in [0, 0.1) is 12.8 Å². The molecule has 41 heavy (non-hydrogen) atoms. The van der Waals surface area contributed by atoms with E-state index < -0.39 is 30.6 Å². The van der Waals surface area contributed by atoms with Crippen LogP contribution in [0.15, 0.2) is 36.4 Å². The number of hydrogen-bond acceptors (Lipinski definition) is 7. The van der Waals surface area contributed by atoms with Crippen LogP contribution in [0.4, 0.5) is 0 Å². The zero-order valence-electron chi connectivity index (χ0n) is 23.1. The van der Waals surface area contributed by atoms with E-state index in [1.165, 1.54) is 4.90 Å². The summed E-state index contributed by atoms with van der Waals surface area (Å²) in [5.41, 5.74) is 4.09. The summed E-state index contributed by atoms with van der Waals surface area (Å²) in [5.74, 6) is -1.76. The van der Waals surface area contributed by atoms with Crippen LogP contribution >= 0.6 is 11.6 Å². The summed E-state index contributed by atoms with van der Waals surface area (Å²) >= 11 is 6.18. The van der Waals surface area contributed by atoms with E-state index in [-0.39, 0.29) is 37.0 Å². The number of carbonyl (C=O) groups is 5. The predicted molar refractivity (Wildman–Crippen MR) is 151 cm³/mol. The number of nitrogens with one attached hydrogen (secondary N) is 1. The Kier molecular flexibility index (Phi) is 8.85. The molecule has 3 aliphatic heterocycles. The summed E-state index contributed by atoms with van der Waals surface area (Å²) in [7, 11) is 0. The van der Waals surface area contributed by atoms with Crippen molar-refractivity contribution in [3.8, 4) is 0 Å². The van der Waals surface area contributed by atoms with E-state index in [4.69, 9.17) is 16.3 Å². The fraction of sp³-hybridized carbons (Fsp3) is 0.452. The van der Waals surface area contributed by atoms with Crippen LogP contribution in [0.5, 0.6) is 0 Å². The quantitative estimate of drug-likeness (QED) is 0.358. The van der Waals surface area contributed by atoms with Gasteiger partial charge in [0.1, 0.15) is 11.8 Å². The number of piperidine rings is 2. The number of carbonyl (C=O) groups excluding carboxylic acids is 5. The Hall–Kier alpha value is -3.56. The van der Waals surface area contributed by atoms with Crippen LogP contribution in [0.2, 0.25) is 5.02 Å². The molecule has 2 saturated heterocycles. The molecule has 3 aliphatic rings. The number of aryl methyl sites for hydroxylation is 2. The van der Waals surface area contributed by atoms with Crippen molar-refractivity contribution in [3.05, 3.63) is 69.2 Å². The average Bonchev–Trinajstić information content (AvgIpc) is 3.29. The van der Waals surface area contributed by atoms with Crippen molar-refractivity contribution < 1.29 is 28.7 Å². The smallest absolute Gasteiger partial charge is 0.310 e. The highest BCUT2D eigenvalue weighted by molar-refractivity contribution is 6.31. The molecule has 10 heteroatoms. The Bertz CT molecular complexity index is 1390. The van der Waals surface area contributed by atoms with Crippen molar-refractivity contribution in [2.24, 2.45) is 5.92 Å². The lowest BCUT2D eigenvalue weighted by Gasteiger charge is -2.35. The van der Waals surface area contributed by atoms with Gasteiger partial charge < -0.3 is 15.0 Å². The second-order valence-electron chi connectivity index (χ2n) is 11.1. The van der Waals surface area contributed by atoms with E-state index in [0.717, 1.165) is 40.2 Å². The van der Waals surface area contributed by atoms with Gasteiger partial charge in [-0.3, -0.25) is 24.0 Å². The van der Waals surface area contributed by atoms with Gasteiger partial charge in [-0.15, -0.1) is 0 Å². The third-order valence-corrected chi connectivity index (χ3v) is 8.61. The fourth-order valence-electron chi connectivity index (χ4n) is 5.70. The summed E-state index contributed by atoms with van der Waals surface area (Å²) in [6.45, 7) is 3.18. The van der Waals surface area contributed by atoms with Gasteiger partial charge in [0, 0.05) is 36.4 Å². The van der Waals surface area contributed by atoms with Gasteiger partial charge in [-0.05, 0) is 80.1 Å². The molecule has 0 aromatic heterocycles. The number of benzene rings is 2. The summed E-state index contributed by atoms with van der Waals surface area (Å²) in [6.07, 6.45) is 2.82. The van der Waals surface area contributed by atoms with E-state index in [9.17, 15) is 24.0 Å². The summed E-state index contributed by atoms with van der Waals surface area (Å²) in [4.78, 5) is 66.6. The van der Waals surface area contributed by atoms with Crippen molar-refractivity contribution in [1.82, 2.24) is 15.1 Å². The first-order valence-electron chi connectivity index (χ1n) is 14.1. The number of ether oxygens (including phenoxy) is 1. The number of rotatable bonds is 9. The topological polar surface area (TPSA) is 113 Å². The Morgan fingerprint density at radius 1 is 1.02 bits per heavy atom. The van der Waals surface area contributed by atoms with Gasteiger partial charge in [0.25, 0.3) is 11.8 Å². The minimum Gasteiger partial charge on any atom is -0.443 e. The number of fused-ring (bicyclic) bond motifs is 1. The molecule has 2 fully saturated rings.